The Morgan fingerprint density at radius 1 is 1.15 bits per heavy atom. The summed E-state index contributed by atoms with van der Waals surface area (Å²) in [7, 11) is -2.17. The van der Waals surface area contributed by atoms with E-state index in [0.29, 0.717) is 17.4 Å². The van der Waals surface area contributed by atoms with Crippen LogP contribution in [0.15, 0.2) is 53.4 Å². The van der Waals surface area contributed by atoms with Crippen molar-refractivity contribution in [1.82, 2.24) is 0 Å². The summed E-state index contributed by atoms with van der Waals surface area (Å²) in [6.07, 6.45) is 0. The first-order valence-electron chi connectivity index (χ1n) is 8.53. The summed E-state index contributed by atoms with van der Waals surface area (Å²) in [6, 6.07) is 15.4. The average Bonchev–Trinajstić information content (AvgIpc) is 3.37. The Hall–Kier alpha value is -2.07. The van der Waals surface area contributed by atoms with Crippen LogP contribution in [0.1, 0.15) is 18.4 Å². The van der Waals surface area contributed by atoms with Crippen LogP contribution in [0.25, 0.3) is 0 Å². The molecule has 2 aromatic rings. The Kier molecular flexibility index (Phi) is 5.48. The Morgan fingerprint density at radius 2 is 1.78 bits per heavy atom. The maximum atomic E-state index is 13.3. The predicted molar refractivity (Wildman–Crippen MR) is 103 cm³/mol. The molecule has 0 unspecified atom stereocenters. The minimum Gasteiger partial charge on any atom is -0.497 e. The molecule has 0 bridgehead atoms. The molecule has 0 aromatic heterocycles. The van der Waals surface area contributed by atoms with Gasteiger partial charge < -0.3 is 9.47 Å². The number of nitriles is 1. The monoisotopic (exact) mass is 405 g/mol. The van der Waals surface area contributed by atoms with Gasteiger partial charge in [-0.25, -0.2) is 8.42 Å². The fourth-order valence-electron chi connectivity index (χ4n) is 3.52. The van der Waals surface area contributed by atoms with Crippen molar-refractivity contribution >= 4 is 21.4 Å². The third-order valence-electron chi connectivity index (χ3n) is 4.96. The van der Waals surface area contributed by atoms with E-state index in [9.17, 15) is 13.7 Å². The first kappa shape index (κ1) is 19.7. The molecule has 3 atom stereocenters. The fourth-order valence-corrected chi connectivity index (χ4v) is 5.96. The van der Waals surface area contributed by atoms with E-state index in [0.717, 1.165) is 5.56 Å². The molecule has 142 valence electrons. The highest BCUT2D eigenvalue weighted by atomic mass is 35.5. The lowest BCUT2D eigenvalue weighted by Gasteiger charge is -2.10. The van der Waals surface area contributed by atoms with Gasteiger partial charge in [-0.05, 0) is 48.9 Å². The molecular formula is C20H20ClNO4S. The molecule has 2 aromatic carbocycles. The summed E-state index contributed by atoms with van der Waals surface area (Å²) < 4.78 is 37.2. The quantitative estimate of drug-likeness (QED) is 0.699. The minimum absolute atomic E-state index is 0.0637. The van der Waals surface area contributed by atoms with Crippen LogP contribution in [0.3, 0.4) is 0 Å². The van der Waals surface area contributed by atoms with Crippen molar-refractivity contribution in [3.8, 4) is 11.8 Å². The summed E-state index contributed by atoms with van der Waals surface area (Å²) in [4.78, 5) is 0.157. The number of hydrogen-bond donors (Lipinski definition) is 0. The SMILES string of the molecule is CCOC[C@]1(C#N)[C@H](c2ccc(OC)cc2)[C@@H]1S(=O)(=O)c1ccc(Cl)cc1. The van der Waals surface area contributed by atoms with Gasteiger partial charge in [0.15, 0.2) is 9.84 Å². The number of hydrogen-bond acceptors (Lipinski definition) is 5. The molecular weight excluding hydrogens is 386 g/mol. The summed E-state index contributed by atoms with van der Waals surface area (Å²) >= 11 is 5.88. The zero-order valence-electron chi connectivity index (χ0n) is 15.1. The maximum absolute atomic E-state index is 13.3. The number of methoxy groups -OCH3 is 1. The van der Waals surface area contributed by atoms with Gasteiger partial charge in [-0.15, -0.1) is 0 Å². The summed E-state index contributed by atoms with van der Waals surface area (Å²) in [5.74, 6) is 0.199. The molecule has 1 aliphatic rings. The van der Waals surface area contributed by atoms with Crippen LogP contribution in [-0.2, 0) is 14.6 Å². The molecule has 5 nitrogen and oxygen atoms in total. The molecule has 0 radical (unpaired) electrons. The molecule has 0 heterocycles. The standard InChI is InChI=1S/C20H20ClNO4S/c1-3-26-13-20(12-22)18(14-4-8-16(25-2)9-5-14)19(20)27(23,24)17-10-6-15(21)7-11-17/h4-11,18-19H,3,13H2,1-2H3/t18-,19+,20-/m1/s1. The molecule has 27 heavy (non-hydrogen) atoms. The van der Waals surface area contributed by atoms with E-state index in [1.54, 1.807) is 31.4 Å². The lowest BCUT2D eigenvalue weighted by Crippen LogP contribution is -2.19. The van der Waals surface area contributed by atoms with Crippen molar-refractivity contribution in [3.63, 3.8) is 0 Å². The number of ether oxygens (including phenoxy) is 2. The van der Waals surface area contributed by atoms with Crippen molar-refractivity contribution < 1.29 is 17.9 Å². The Bertz CT molecular complexity index is 951. The van der Waals surface area contributed by atoms with E-state index in [4.69, 9.17) is 21.1 Å². The van der Waals surface area contributed by atoms with Crippen LogP contribution in [-0.4, -0.2) is 34.0 Å². The summed E-state index contributed by atoms with van der Waals surface area (Å²) in [6.45, 7) is 2.29. The molecule has 0 spiro atoms. The second kappa shape index (κ2) is 7.51. The van der Waals surface area contributed by atoms with Crippen molar-refractivity contribution in [2.75, 3.05) is 20.3 Å². The van der Waals surface area contributed by atoms with Crippen molar-refractivity contribution in [3.05, 3.63) is 59.1 Å². The minimum atomic E-state index is -3.74. The summed E-state index contributed by atoms with van der Waals surface area (Å²) in [5, 5.41) is 9.48. The van der Waals surface area contributed by atoms with E-state index in [1.165, 1.54) is 24.3 Å². The van der Waals surface area contributed by atoms with E-state index in [1.807, 2.05) is 6.92 Å². The molecule has 0 N–H and O–H groups in total. The maximum Gasteiger partial charge on any atom is 0.183 e. The van der Waals surface area contributed by atoms with Gasteiger partial charge in [-0.2, -0.15) is 5.26 Å². The zero-order chi connectivity index (χ0) is 19.7. The van der Waals surface area contributed by atoms with Crippen molar-refractivity contribution in [2.45, 2.75) is 23.0 Å². The van der Waals surface area contributed by atoms with Crippen LogP contribution in [0.4, 0.5) is 0 Å². The molecule has 0 saturated heterocycles. The number of benzene rings is 2. The largest absolute Gasteiger partial charge is 0.497 e. The number of rotatable bonds is 7. The fraction of sp³-hybridized carbons (Fsp3) is 0.350. The van der Waals surface area contributed by atoms with Gasteiger partial charge in [-0.3, -0.25) is 0 Å². The molecule has 1 aliphatic carbocycles. The highest BCUT2D eigenvalue weighted by Crippen LogP contribution is 2.64. The lowest BCUT2D eigenvalue weighted by atomic mass is 10.0. The van der Waals surface area contributed by atoms with Crippen molar-refractivity contribution in [1.29, 1.82) is 5.26 Å². The molecule has 0 aliphatic heterocycles. The van der Waals surface area contributed by atoms with Gasteiger partial charge in [0.25, 0.3) is 0 Å². The van der Waals surface area contributed by atoms with Crippen LogP contribution in [0, 0.1) is 16.7 Å². The van der Waals surface area contributed by atoms with Crippen LogP contribution < -0.4 is 4.74 Å². The first-order chi connectivity index (χ1) is 12.9. The normalized spacial score (nSPS) is 24.2. The van der Waals surface area contributed by atoms with Gasteiger partial charge in [0.1, 0.15) is 11.2 Å². The van der Waals surface area contributed by atoms with E-state index < -0.39 is 26.4 Å². The topological polar surface area (TPSA) is 76.4 Å². The third-order valence-corrected chi connectivity index (χ3v) is 7.50. The Labute approximate surface area is 164 Å². The number of sulfone groups is 1. The van der Waals surface area contributed by atoms with Crippen LogP contribution in [0.2, 0.25) is 5.02 Å². The second-order valence-corrected chi connectivity index (χ2v) is 8.97. The molecule has 0 amide bonds. The molecule has 1 fully saturated rings. The molecule has 7 heteroatoms. The van der Waals surface area contributed by atoms with E-state index in [-0.39, 0.29) is 11.5 Å². The number of nitrogens with zero attached hydrogens (tertiary/aromatic N) is 1. The Morgan fingerprint density at radius 3 is 2.30 bits per heavy atom. The van der Waals surface area contributed by atoms with E-state index in [2.05, 4.69) is 6.07 Å². The highest BCUT2D eigenvalue weighted by molar-refractivity contribution is 7.92. The lowest BCUT2D eigenvalue weighted by molar-refractivity contribution is 0.117. The smallest absolute Gasteiger partial charge is 0.183 e. The van der Waals surface area contributed by atoms with Crippen molar-refractivity contribution in [2.24, 2.45) is 5.41 Å². The predicted octanol–water partition coefficient (Wildman–Crippen LogP) is 3.83. The third kappa shape index (κ3) is 3.43. The van der Waals surface area contributed by atoms with Gasteiger partial charge in [-0.1, -0.05) is 23.7 Å². The van der Waals surface area contributed by atoms with Crippen LogP contribution >= 0.6 is 11.6 Å². The molecule has 3 rings (SSSR count). The second-order valence-electron chi connectivity index (χ2n) is 6.46. The summed E-state index contributed by atoms with van der Waals surface area (Å²) in [5.41, 5.74) is -0.345. The molecule has 1 saturated carbocycles. The van der Waals surface area contributed by atoms with Gasteiger partial charge in [0, 0.05) is 17.5 Å². The zero-order valence-corrected chi connectivity index (χ0v) is 16.6. The van der Waals surface area contributed by atoms with Gasteiger partial charge >= 0.3 is 0 Å². The highest BCUT2D eigenvalue weighted by Gasteiger charge is 2.72. The average molecular weight is 406 g/mol. The van der Waals surface area contributed by atoms with E-state index >= 15 is 0 Å². The first-order valence-corrected chi connectivity index (χ1v) is 10.5. The van der Waals surface area contributed by atoms with Gasteiger partial charge in [0.05, 0.1) is 29.9 Å². The van der Waals surface area contributed by atoms with Gasteiger partial charge in [0.2, 0.25) is 0 Å². The Balaban J connectivity index is 2.04. The van der Waals surface area contributed by atoms with Crippen LogP contribution in [0.5, 0.6) is 5.75 Å². The number of halogens is 1.